The summed E-state index contributed by atoms with van der Waals surface area (Å²) in [5.74, 6) is -0.0318. The number of amides is 1. The summed E-state index contributed by atoms with van der Waals surface area (Å²) in [4.78, 5) is 12.3. The lowest BCUT2D eigenvalue weighted by molar-refractivity contribution is 0.0891. The Bertz CT molecular complexity index is 440. The number of benzene rings is 1. The molecular weight excluding hydrogens is 264 g/mol. The Hall–Kier alpha value is -1.55. The maximum atomic E-state index is 12.3. The maximum absolute atomic E-state index is 12.3. The summed E-state index contributed by atoms with van der Waals surface area (Å²) >= 11 is 0. The summed E-state index contributed by atoms with van der Waals surface area (Å²) in [6.07, 6.45) is 3.03. The van der Waals surface area contributed by atoms with Gasteiger partial charge in [-0.2, -0.15) is 0 Å². The van der Waals surface area contributed by atoms with Crippen LogP contribution < -0.4 is 10.6 Å². The largest absolute Gasteiger partial charge is 0.385 e. The zero-order valence-electron chi connectivity index (χ0n) is 13.7. The van der Waals surface area contributed by atoms with Crippen molar-refractivity contribution in [1.82, 2.24) is 5.32 Å². The zero-order chi connectivity index (χ0) is 15.7. The number of hydrogen-bond acceptors (Lipinski definition) is 3. The van der Waals surface area contributed by atoms with Crippen molar-refractivity contribution in [2.45, 2.75) is 46.1 Å². The number of carbonyl (C=O) groups is 1. The Kier molecular flexibility index (Phi) is 7.83. The monoisotopic (exact) mass is 292 g/mol. The highest BCUT2D eigenvalue weighted by Gasteiger charge is 2.13. The number of methoxy groups -OCH3 is 1. The Labute approximate surface area is 128 Å². The average Bonchev–Trinajstić information content (AvgIpc) is 2.46. The Morgan fingerprint density at radius 3 is 2.62 bits per heavy atom. The van der Waals surface area contributed by atoms with Gasteiger partial charge in [0.1, 0.15) is 0 Å². The van der Waals surface area contributed by atoms with Crippen LogP contribution in [0.15, 0.2) is 18.2 Å². The highest BCUT2D eigenvalue weighted by molar-refractivity contribution is 5.95. The Balaban J connectivity index is 2.71. The van der Waals surface area contributed by atoms with Gasteiger partial charge < -0.3 is 15.4 Å². The van der Waals surface area contributed by atoms with E-state index in [9.17, 15) is 4.79 Å². The van der Waals surface area contributed by atoms with Gasteiger partial charge >= 0.3 is 0 Å². The predicted octanol–water partition coefficient (Wildman–Crippen LogP) is 3.36. The first-order chi connectivity index (χ1) is 10.1. The van der Waals surface area contributed by atoms with E-state index in [1.807, 2.05) is 25.1 Å². The van der Waals surface area contributed by atoms with E-state index in [0.29, 0.717) is 12.2 Å². The second-order valence-corrected chi connectivity index (χ2v) is 5.37. The molecule has 0 aliphatic carbocycles. The molecule has 4 nitrogen and oxygen atoms in total. The van der Waals surface area contributed by atoms with Crippen molar-refractivity contribution in [2.75, 3.05) is 25.6 Å². The molecule has 1 amide bonds. The van der Waals surface area contributed by atoms with Gasteiger partial charge in [-0.25, -0.2) is 0 Å². The fourth-order valence-corrected chi connectivity index (χ4v) is 2.28. The number of ether oxygens (including phenoxy) is 1. The maximum Gasteiger partial charge on any atom is 0.251 e. The van der Waals surface area contributed by atoms with Crippen molar-refractivity contribution in [3.8, 4) is 0 Å². The molecule has 1 aromatic carbocycles. The van der Waals surface area contributed by atoms with E-state index in [2.05, 4.69) is 24.5 Å². The molecule has 0 aliphatic rings. The van der Waals surface area contributed by atoms with Crippen LogP contribution in [-0.2, 0) is 4.74 Å². The van der Waals surface area contributed by atoms with Gasteiger partial charge in [0.2, 0.25) is 0 Å². The number of rotatable bonds is 9. The summed E-state index contributed by atoms with van der Waals surface area (Å²) in [6.45, 7) is 7.75. The van der Waals surface area contributed by atoms with Gasteiger partial charge in [0.25, 0.3) is 5.91 Å². The molecule has 0 spiro atoms. The normalized spacial score (nSPS) is 12.0. The summed E-state index contributed by atoms with van der Waals surface area (Å²) in [6, 6.07) is 5.86. The van der Waals surface area contributed by atoms with Crippen LogP contribution in [0.25, 0.3) is 0 Å². The smallest absolute Gasteiger partial charge is 0.251 e. The van der Waals surface area contributed by atoms with Crippen LogP contribution in [0.1, 0.15) is 49.0 Å². The third-order valence-electron chi connectivity index (χ3n) is 3.39. The first-order valence-corrected chi connectivity index (χ1v) is 7.76. The van der Waals surface area contributed by atoms with Gasteiger partial charge in [-0.1, -0.05) is 20.3 Å². The summed E-state index contributed by atoms with van der Waals surface area (Å²) in [5.41, 5.74) is 2.89. The van der Waals surface area contributed by atoms with Gasteiger partial charge in [-0.3, -0.25) is 4.79 Å². The number of aryl methyl sites for hydroxylation is 1. The topological polar surface area (TPSA) is 50.4 Å². The second kappa shape index (κ2) is 9.40. The molecular formula is C17H28N2O2. The SMILES string of the molecule is CCCNc1ccc(C(=O)NC(CCC)COC)cc1C. The minimum Gasteiger partial charge on any atom is -0.385 e. The van der Waals surface area contributed by atoms with Crippen LogP contribution in [0.3, 0.4) is 0 Å². The van der Waals surface area contributed by atoms with Crippen molar-refractivity contribution >= 4 is 11.6 Å². The first kappa shape index (κ1) is 17.5. The fourth-order valence-electron chi connectivity index (χ4n) is 2.28. The first-order valence-electron chi connectivity index (χ1n) is 7.76. The van der Waals surface area contributed by atoms with Crippen LogP contribution in [0.4, 0.5) is 5.69 Å². The van der Waals surface area contributed by atoms with Crippen LogP contribution in [-0.4, -0.2) is 32.2 Å². The molecule has 0 heterocycles. The lowest BCUT2D eigenvalue weighted by Gasteiger charge is -2.18. The van der Waals surface area contributed by atoms with Gasteiger partial charge in [0, 0.05) is 24.9 Å². The van der Waals surface area contributed by atoms with Crippen LogP contribution in [0, 0.1) is 6.92 Å². The van der Waals surface area contributed by atoms with Crippen molar-refractivity contribution in [3.05, 3.63) is 29.3 Å². The van der Waals surface area contributed by atoms with Gasteiger partial charge in [-0.05, 0) is 43.5 Å². The molecule has 21 heavy (non-hydrogen) atoms. The number of nitrogens with one attached hydrogen (secondary N) is 2. The van der Waals surface area contributed by atoms with E-state index in [1.165, 1.54) is 0 Å². The summed E-state index contributed by atoms with van der Waals surface area (Å²) < 4.78 is 5.16. The standard InChI is InChI=1S/C17H28N2O2/c1-5-7-15(12-21-4)19-17(20)14-8-9-16(13(3)11-14)18-10-6-2/h8-9,11,15,18H,5-7,10,12H2,1-4H3,(H,19,20). The van der Waals surface area contributed by atoms with Crippen LogP contribution in [0.5, 0.6) is 0 Å². The zero-order valence-corrected chi connectivity index (χ0v) is 13.7. The second-order valence-electron chi connectivity index (χ2n) is 5.37. The van der Waals surface area contributed by atoms with Crippen molar-refractivity contribution in [1.29, 1.82) is 0 Å². The molecule has 0 aliphatic heterocycles. The molecule has 0 radical (unpaired) electrons. The molecule has 0 saturated carbocycles. The Morgan fingerprint density at radius 1 is 1.29 bits per heavy atom. The van der Waals surface area contributed by atoms with E-state index >= 15 is 0 Å². The summed E-state index contributed by atoms with van der Waals surface area (Å²) in [7, 11) is 1.66. The predicted molar refractivity (Wildman–Crippen MR) is 88.0 cm³/mol. The minimum atomic E-state index is -0.0318. The molecule has 118 valence electrons. The van der Waals surface area contributed by atoms with E-state index in [1.54, 1.807) is 7.11 Å². The molecule has 0 saturated heterocycles. The molecule has 0 bridgehead atoms. The third-order valence-corrected chi connectivity index (χ3v) is 3.39. The van der Waals surface area contributed by atoms with Gasteiger partial charge in [0.05, 0.1) is 12.6 Å². The lowest BCUT2D eigenvalue weighted by atomic mass is 10.1. The van der Waals surface area contributed by atoms with E-state index in [0.717, 1.165) is 37.1 Å². The highest BCUT2D eigenvalue weighted by atomic mass is 16.5. The molecule has 4 heteroatoms. The van der Waals surface area contributed by atoms with Crippen LogP contribution >= 0.6 is 0 Å². The molecule has 0 fully saturated rings. The highest BCUT2D eigenvalue weighted by Crippen LogP contribution is 2.16. The molecule has 1 unspecified atom stereocenters. The quantitative estimate of drug-likeness (QED) is 0.734. The van der Waals surface area contributed by atoms with Crippen molar-refractivity contribution in [2.24, 2.45) is 0 Å². The lowest BCUT2D eigenvalue weighted by Crippen LogP contribution is -2.37. The van der Waals surface area contributed by atoms with Crippen molar-refractivity contribution in [3.63, 3.8) is 0 Å². The van der Waals surface area contributed by atoms with Crippen LogP contribution in [0.2, 0.25) is 0 Å². The summed E-state index contributed by atoms with van der Waals surface area (Å²) in [5, 5.41) is 6.40. The van der Waals surface area contributed by atoms with Crippen molar-refractivity contribution < 1.29 is 9.53 Å². The third kappa shape index (κ3) is 5.76. The molecule has 1 aromatic rings. The fraction of sp³-hybridized carbons (Fsp3) is 0.588. The number of carbonyl (C=O) groups excluding carboxylic acids is 1. The van der Waals surface area contributed by atoms with Gasteiger partial charge in [0.15, 0.2) is 0 Å². The average molecular weight is 292 g/mol. The van der Waals surface area contributed by atoms with E-state index in [4.69, 9.17) is 4.74 Å². The van der Waals surface area contributed by atoms with Gasteiger partial charge in [-0.15, -0.1) is 0 Å². The van der Waals surface area contributed by atoms with E-state index in [-0.39, 0.29) is 11.9 Å². The Morgan fingerprint density at radius 2 is 2.05 bits per heavy atom. The number of anilines is 1. The number of hydrogen-bond donors (Lipinski definition) is 2. The molecule has 0 aromatic heterocycles. The molecule has 2 N–H and O–H groups in total. The minimum absolute atomic E-state index is 0.0318. The molecule has 1 rings (SSSR count). The molecule has 1 atom stereocenters. The van der Waals surface area contributed by atoms with E-state index < -0.39 is 0 Å².